The van der Waals surface area contributed by atoms with E-state index in [9.17, 15) is 18.0 Å². The van der Waals surface area contributed by atoms with E-state index in [2.05, 4.69) is 5.10 Å². The number of methoxy groups -OCH3 is 2. The Morgan fingerprint density at radius 1 is 1.11 bits per heavy atom. The van der Waals surface area contributed by atoms with Crippen LogP contribution < -0.4 is 20.8 Å². The van der Waals surface area contributed by atoms with Crippen LogP contribution in [0.2, 0.25) is 0 Å². The highest BCUT2D eigenvalue weighted by atomic mass is 19.4. The Morgan fingerprint density at radius 2 is 1.78 bits per heavy atom. The average molecular weight is 379 g/mol. The molecule has 9 heteroatoms. The summed E-state index contributed by atoms with van der Waals surface area (Å²) in [6.45, 7) is -0.272. The summed E-state index contributed by atoms with van der Waals surface area (Å²) in [5, 5.41) is 4.71. The summed E-state index contributed by atoms with van der Waals surface area (Å²) in [6, 6.07) is 6.52. The quantitative estimate of drug-likeness (QED) is 0.754. The first-order valence-electron chi connectivity index (χ1n) is 7.84. The highest BCUT2D eigenvalue weighted by Gasteiger charge is 2.33. The summed E-state index contributed by atoms with van der Waals surface area (Å²) in [7, 11) is 2.88. The Bertz CT molecular complexity index is 1060. The van der Waals surface area contributed by atoms with Crippen molar-refractivity contribution in [1.82, 2.24) is 9.78 Å². The number of fused-ring (bicyclic) bond motifs is 1. The van der Waals surface area contributed by atoms with Gasteiger partial charge in [0.2, 0.25) is 0 Å². The Kier molecular flexibility index (Phi) is 4.79. The summed E-state index contributed by atoms with van der Waals surface area (Å²) in [5.74, 6) is 0.741. The van der Waals surface area contributed by atoms with Gasteiger partial charge in [-0.05, 0) is 29.8 Å². The number of nitrogens with two attached hydrogens (primary N) is 1. The van der Waals surface area contributed by atoms with Gasteiger partial charge in [0, 0.05) is 11.9 Å². The highest BCUT2D eigenvalue weighted by molar-refractivity contribution is 5.84. The van der Waals surface area contributed by atoms with Crippen LogP contribution in [-0.4, -0.2) is 24.0 Å². The van der Waals surface area contributed by atoms with Crippen molar-refractivity contribution in [2.45, 2.75) is 12.7 Å². The van der Waals surface area contributed by atoms with Crippen LogP contribution in [0.15, 0.2) is 41.3 Å². The van der Waals surface area contributed by atoms with E-state index >= 15 is 0 Å². The summed E-state index contributed by atoms with van der Waals surface area (Å²) < 4.78 is 51.1. The maximum absolute atomic E-state index is 13.3. The van der Waals surface area contributed by atoms with Gasteiger partial charge in [0.1, 0.15) is 0 Å². The standard InChI is InChI=1S/C18H16F3N3O3/c1-26-15-5-11-9-23-24(17(25)13(11)7-16(15)27-2)12-4-3-10(8-22)14(6-12)18(19,20)21/h3-7,9H,8,22H2,1-2H3. The molecule has 0 unspecified atom stereocenters. The van der Waals surface area contributed by atoms with Crippen LogP contribution in [0.25, 0.3) is 16.5 Å². The van der Waals surface area contributed by atoms with Gasteiger partial charge in [0.25, 0.3) is 5.56 Å². The van der Waals surface area contributed by atoms with Gasteiger partial charge in [-0.3, -0.25) is 4.79 Å². The molecule has 0 saturated heterocycles. The van der Waals surface area contributed by atoms with Gasteiger partial charge in [-0.1, -0.05) is 6.07 Å². The summed E-state index contributed by atoms with van der Waals surface area (Å²) in [5.41, 5.74) is 3.83. The van der Waals surface area contributed by atoms with Crippen LogP contribution >= 0.6 is 0 Å². The first-order chi connectivity index (χ1) is 12.8. The molecule has 2 aromatic carbocycles. The van der Waals surface area contributed by atoms with Crippen LogP contribution in [0, 0.1) is 0 Å². The number of hydrogen-bond acceptors (Lipinski definition) is 5. The predicted octanol–water partition coefficient (Wildman–Crippen LogP) is 2.88. The highest BCUT2D eigenvalue weighted by Crippen LogP contribution is 2.34. The van der Waals surface area contributed by atoms with E-state index in [-0.39, 0.29) is 23.2 Å². The van der Waals surface area contributed by atoms with Crippen LogP contribution in [0.3, 0.4) is 0 Å². The number of hydrogen-bond donors (Lipinski definition) is 1. The van der Waals surface area contributed by atoms with Gasteiger partial charge in [-0.15, -0.1) is 0 Å². The zero-order valence-electron chi connectivity index (χ0n) is 14.5. The Hall–Kier alpha value is -3.07. The molecule has 0 spiro atoms. The molecule has 0 aliphatic rings. The van der Waals surface area contributed by atoms with Gasteiger partial charge in [0.05, 0.1) is 37.1 Å². The number of nitrogens with zero attached hydrogens (tertiary/aromatic N) is 2. The van der Waals surface area contributed by atoms with E-state index in [1.54, 1.807) is 6.07 Å². The largest absolute Gasteiger partial charge is 0.493 e. The third-order valence-electron chi connectivity index (χ3n) is 4.15. The van der Waals surface area contributed by atoms with Crippen LogP contribution in [0.5, 0.6) is 11.5 Å². The van der Waals surface area contributed by atoms with E-state index < -0.39 is 17.3 Å². The molecule has 3 rings (SSSR count). The van der Waals surface area contributed by atoms with Crippen LogP contribution in [0.1, 0.15) is 11.1 Å². The van der Waals surface area contributed by atoms with Gasteiger partial charge >= 0.3 is 6.18 Å². The van der Waals surface area contributed by atoms with Crippen molar-refractivity contribution in [3.63, 3.8) is 0 Å². The zero-order valence-corrected chi connectivity index (χ0v) is 14.5. The van der Waals surface area contributed by atoms with Gasteiger partial charge in [-0.25, -0.2) is 0 Å². The third-order valence-corrected chi connectivity index (χ3v) is 4.15. The minimum absolute atomic E-state index is 0.0128. The lowest BCUT2D eigenvalue weighted by Crippen LogP contribution is -2.22. The second-order valence-electron chi connectivity index (χ2n) is 5.70. The minimum atomic E-state index is -4.60. The van der Waals surface area contributed by atoms with E-state index in [1.807, 2.05) is 0 Å². The van der Waals surface area contributed by atoms with Crippen molar-refractivity contribution >= 4 is 10.8 Å². The SMILES string of the molecule is COc1cc2cnn(-c3ccc(CN)c(C(F)(F)F)c3)c(=O)c2cc1OC. The average Bonchev–Trinajstić information content (AvgIpc) is 2.66. The van der Waals surface area contributed by atoms with Crippen molar-refractivity contribution in [3.8, 4) is 17.2 Å². The smallest absolute Gasteiger partial charge is 0.416 e. The molecule has 1 heterocycles. The molecular weight excluding hydrogens is 363 g/mol. The molecule has 3 aromatic rings. The summed E-state index contributed by atoms with van der Waals surface area (Å²) in [4.78, 5) is 12.8. The first kappa shape index (κ1) is 18.7. The lowest BCUT2D eigenvalue weighted by Gasteiger charge is -2.14. The Morgan fingerprint density at radius 3 is 2.37 bits per heavy atom. The number of halogens is 3. The molecular formula is C18H16F3N3O3. The predicted molar refractivity (Wildman–Crippen MR) is 93.3 cm³/mol. The molecule has 2 N–H and O–H groups in total. The molecule has 0 fully saturated rings. The maximum atomic E-state index is 13.3. The van der Waals surface area contributed by atoms with E-state index in [0.29, 0.717) is 16.9 Å². The van der Waals surface area contributed by atoms with Crippen LogP contribution in [-0.2, 0) is 12.7 Å². The maximum Gasteiger partial charge on any atom is 0.416 e. The number of benzene rings is 2. The molecule has 27 heavy (non-hydrogen) atoms. The first-order valence-corrected chi connectivity index (χ1v) is 7.84. The van der Waals surface area contributed by atoms with Crippen molar-refractivity contribution in [2.24, 2.45) is 5.73 Å². The second kappa shape index (κ2) is 6.92. The van der Waals surface area contributed by atoms with Crippen molar-refractivity contribution < 1.29 is 22.6 Å². The lowest BCUT2D eigenvalue weighted by atomic mass is 10.1. The fourth-order valence-corrected chi connectivity index (χ4v) is 2.80. The summed E-state index contributed by atoms with van der Waals surface area (Å²) in [6.07, 6.45) is -3.22. The van der Waals surface area contributed by atoms with Gasteiger partial charge < -0.3 is 15.2 Å². The molecule has 0 bridgehead atoms. The third kappa shape index (κ3) is 3.33. The Balaban J connectivity index is 2.24. The molecule has 0 atom stereocenters. The minimum Gasteiger partial charge on any atom is -0.493 e. The topological polar surface area (TPSA) is 79.4 Å². The number of aromatic nitrogens is 2. The molecule has 1 aromatic heterocycles. The van der Waals surface area contributed by atoms with Crippen molar-refractivity contribution in [3.05, 3.63) is 58.0 Å². The molecule has 0 radical (unpaired) electrons. The van der Waals surface area contributed by atoms with Crippen LogP contribution in [0.4, 0.5) is 13.2 Å². The molecule has 0 amide bonds. The number of rotatable bonds is 4. The number of alkyl halides is 3. The fraction of sp³-hybridized carbons (Fsp3) is 0.222. The molecule has 0 aliphatic heterocycles. The van der Waals surface area contributed by atoms with E-state index in [4.69, 9.17) is 15.2 Å². The molecule has 0 saturated carbocycles. The van der Waals surface area contributed by atoms with E-state index in [0.717, 1.165) is 10.7 Å². The van der Waals surface area contributed by atoms with Gasteiger partial charge in [0.15, 0.2) is 11.5 Å². The van der Waals surface area contributed by atoms with Gasteiger partial charge in [-0.2, -0.15) is 23.0 Å². The normalized spacial score (nSPS) is 11.6. The monoisotopic (exact) mass is 379 g/mol. The van der Waals surface area contributed by atoms with Crippen molar-refractivity contribution in [2.75, 3.05) is 14.2 Å². The number of ether oxygens (including phenoxy) is 2. The molecule has 6 nitrogen and oxygen atoms in total. The fourth-order valence-electron chi connectivity index (χ4n) is 2.80. The van der Waals surface area contributed by atoms with E-state index in [1.165, 1.54) is 38.6 Å². The molecule has 0 aliphatic carbocycles. The lowest BCUT2D eigenvalue weighted by molar-refractivity contribution is -0.138. The van der Waals surface area contributed by atoms with Crippen molar-refractivity contribution in [1.29, 1.82) is 0 Å². The Labute approximate surface area is 151 Å². The second-order valence-corrected chi connectivity index (χ2v) is 5.70. The molecule has 142 valence electrons. The summed E-state index contributed by atoms with van der Waals surface area (Å²) >= 11 is 0. The zero-order chi connectivity index (χ0) is 19.8.